The van der Waals surface area contributed by atoms with E-state index in [1.807, 2.05) is 19.1 Å². The third-order valence-electron chi connectivity index (χ3n) is 2.22. The quantitative estimate of drug-likeness (QED) is 0.470. The zero-order chi connectivity index (χ0) is 12.0. The molecule has 0 aliphatic heterocycles. The van der Waals surface area contributed by atoms with E-state index >= 15 is 0 Å². The second kappa shape index (κ2) is 6.81. The van der Waals surface area contributed by atoms with E-state index in [4.69, 9.17) is 10.5 Å². The van der Waals surface area contributed by atoms with Crippen LogP contribution in [0.5, 0.6) is 0 Å². The van der Waals surface area contributed by atoms with Gasteiger partial charge in [-0.25, -0.2) is 0 Å². The number of ether oxygens (including phenoxy) is 1. The van der Waals surface area contributed by atoms with E-state index in [-0.39, 0.29) is 0 Å². The Balaban J connectivity index is 2.29. The maximum atomic E-state index is 5.98. The lowest BCUT2D eigenvalue weighted by Crippen LogP contribution is -2.04. The second-order valence-corrected chi connectivity index (χ2v) is 5.44. The molecule has 0 spiro atoms. The summed E-state index contributed by atoms with van der Waals surface area (Å²) >= 11 is 1.76. The zero-order valence-electron chi connectivity index (χ0n) is 10.3. The first-order chi connectivity index (χ1) is 7.61. The molecule has 0 unspecified atom stereocenters. The summed E-state index contributed by atoms with van der Waals surface area (Å²) in [6.07, 6.45) is 0. The predicted molar refractivity (Wildman–Crippen MR) is 72.0 cm³/mol. The number of para-hydroxylation sites is 1. The van der Waals surface area contributed by atoms with Crippen LogP contribution in [0, 0.1) is 12.8 Å². The van der Waals surface area contributed by atoms with Crippen molar-refractivity contribution < 1.29 is 4.74 Å². The Bertz CT molecular complexity index is 326. The number of anilines is 1. The lowest BCUT2D eigenvalue weighted by atomic mass is 10.2. The number of thioether (sulfide) groups is 1. The summed E-state index contributed by atoms with van der Waals surface area (Å²) < 4.78 is 5.53. The molecule has 0 bridgehead atoms. The number of hydrogen-bond acceptors (Lipinski definition) is 3. The minimum absolute atomic E-state index is 0.606. The summed E-state index contributed by atoms with van der Waals surface area (Å²) in [6, 6.07) is 6.15. The van der Waals surface area contributed by atoms with Crippen LogP contribution in [-0.4, -0.2) is 19.0 Å². The van der Waals surface area contributed by atoms with E-state index in [1.54, 1.807) is 11.8 Å². The van der Waals surface area contributed by atoms with Gasteiger partial charge in [-0.05, 0) is 24.5 Å². The van der Waals surface area contributed by atoms with Gasteiger partial charge in [0.15, 0.2) is 0 Å². The lowest BCUT2D eigenvalue weighted by Gasteiger charge is -2.09. The lowest BCUT2D eigenvalue weighted by molar-refractivity contribution is 0.124. The second-order valence-electron chi connectivity index (χ2n) is 4.30. The van der Waals surface area contributed by atoms with Gasteiger partial charge in [0.2, 0.25) is 0 Å². The van der Waals surface area contributed by atoms with Crippen molar-refractivity contribution in [3.05, 3.63) is 23.8 Å². The van der Waals surface area contributed by atoms with Gasteiger partial charge in [0, 0.05) is 22.9 Å². The molecule has 0 atom stereocenters. The minimum atomic E-state index is 0.606. The number of hydrogen-bond donors (Lipinski definition) is 1. The summed E-state index contributed by atoms with van der Waals surface area (Å²) in [4.78, 5) is 1.16. The summed E-state index contributed by atoms with van der Waals surface area (Å²) in [5, 5.41) is 0. The van der Waals surface area contributed by atoms with Gasteiger partial charge < -0.3 is 10.5 Å². The molecular weight excluding hydrogens is 218 g/mol. The number of nitrogen functional groups attached to an aromatic ring is 1. The summed E-state index contributed by atoms with van der Waals surface area (Å²) in [5.41, 5.74) is 8.03. The monoisotopic (exact) mass is 239 g/mol. The fourth-order valence-corrected chi connectivity index (χ4v) is 2.22. The highest BCUT2D eigenvalue weighted by Crippen LogP contribution is 2.27. The molecule has 0 aliphatic rings. The van der Waals surface area contributed by atoms with Gasteiger partial charge in [0.05, 0.1) is 6.61 Å². The molecule has 0 saturated heterocycles. The molecule has 90 valence electrons. The number of nitrogens with two attached hydrogens (primary N) is 1. The van der Waals surface area contributed by atoms with E-state index in [1.165, 1.54) is 0 Å². The Hall–Kier alpha value is -0.670. The molecule has 2 nitrogen and oxygen atoms in total. The molecule has 0 aromatic heterocycles. The van der Waals surface area contributed by atoms with Crippen LogP contribution in [0.25, 0.3) is 0 Å². The third-order valence-corrected chi connectivity index (χ3v) is 3.26. The van der Waals surface area contributed by atoms with Crippen LogP contribution >= 0.6 is 11.8 Å². The Morgan fingerprint density at radius 2 is 2.12 bits per heavy atom. The van der Waals surface area contributed by atoms with Crippen LogP contribution in [0.2, 0.25) is 0 Å². The molecule has 16 heavy (non-hydrogen) atoms. The van der Waals surface area contributed by atoms with E-state index < -0.39 is 0 Å². The third kappa shape index (κ3) is 4.45. The normalized spacial score (nSPS) is 11.0. The van der Waals surface area contributed by atoms with Crippen LogP contribution in [0.1, 0.15) is 19.4 Å². The fourth-order valence-electron chi connectivity index (χ4n) is 1.31. The molecule has 1 rings (SSSR count). The average molecular weight is 239 g/mol. The molecule has 0 fully saturated rings. The smallest absolute Gasteiger partial charge is 0.0560 e. The molecule has 1 aromatic rings. The Morgan fingerprint density at radius 3 is 2.81 bits per heavy atom. The largest absolute Gasteiger partial charge is 0.398 e. The van der Waals surface area contributed by atoms with Gasteiger partial charge >= 0.3 is 0 Å². The van der Waals surface area contributed by atoms with Gasteiger partial charge in [-0.3, -0.25) is 0 Å². The number of rotatable bonds is 6. The van der Waals surface area contributed by atoms with Crippen molar-refractivity contribution in [3.63, 3.8) is 0 Å². The van der Waals surface area contributed by atoms with Gasteiger partial charge in [-0.15, -0.1) is 11.8 Å². The Morgan fingerprint density at radius 1 is 1.38 bits per heavy atom. The van der Waals surface area contributed by atoms with E-state index in [0.717, 1.165) is 35.1 Å². The van der Waals surface area contributed by atoms with E-state index in [2.05, 4.69) is 19.9 Å². The SMILES string of the molecule is Cc1cccc(SCCOCC(C)C)c1N. The van der Waals surface area contributed by atoms with Gasteiger partial charge in [0.25, 0.3) is 0 Å². The summed E-state index contributed by atoms with van der Waals surface area (Å²) in [6.45, 7) is 7.98. The fraction of sp³-hybridized carbons (Fsp3) is 0.538. The van der Waals surface area contributed by atoms with Crippen molar-refractivity contribution in [2.24, 2.45) is 5.92 Å². The number of benzene rings is 1. The van der Waals surface area contributed by atoms with Crippen LogP contribution < -0.4 is 5.73 Å². The topological polar surface area (TPSA) is 35.2 Å². The average Bonchev–Trinajstić information content (AvgIpc) is 2.23. The highest BCUT2D eigenvalue weighted by atomic mass is 32.2. The first-order valence-electron chi connectivity index (χ1n) is 5.67. The van der Waals surface area contributed by atoms with E-state index in [9.17, 15) is 0 Å². The molecule has 0 heterocycles. The van der Waals surface area contributed by atoms with Crippen molar-refractivity contribution in [2.75, 3.05) is 24.7 Å². The molecule has 2 N–H and O–H groups in total. The maximum absolute atomic E-state index is 5.98. The molecule has 0 radical (unpaired) electrons. The molecule has 1 aromatic carbocycles. The zero-order valence-corrected chi connectivity index (χ0v) is 11.1. The van der Waals surface area contributed by atoms with Crippen molar-refractivity contribution in [1.82, 2.24) is 0 Å². The van der Waals surface area contributed by atoms with Crippen molar-refractivity contribution >= 4 is 17.4 Å². The first-order valence-corrected chi connectivity index (χ1v) is 6.65. The standard InChI is InChI=1S/C13H21NOS/c1-10(2)9-15-7-8-16-12-6-4-5-11(3)13(12)14/h4-6,10H,7-9,14H2,1-3H3. The van der Waals surface area contributed by atoms with Crippen LogP contribution in [0.4, 0.5) is 5.69 Å². The molecular formula is C13H21NOS. The van der Waals surface area contributed by atoms with Crippen molar-refractivity contribution in [1.29, 1.82) is 0 Å². The predicted octanol–water partition coefficient (Wildman–Crippen LogP) is 3.34. The van der Waals surface area contributed by atoms with Gasteiger partial charge in [-0.2, -0.15) is 0 Å². The highest BCUT2D eigenvalue weighted by Gasteiger charge is 2.02. The molecule has 0 saturated carbocycles. The van der Waals surface area contributed by atoms with Crippen LogP contribution in [0.15, 0.2) is 23.1 Å². The summed E-state index contributed by atoms with van der Waals surface area (Å²) in [5.74, 6) is 1.56. The molecule has 3 heteroatoms. The molecule has 0 aliphatic carbocycles. The number of aryl methyl sites for hydroxylation is 1. The van der Waals surface area contributed by atoms with Crippen LogP contribution in [0.3, 0.4) is 0 Å². The van der Waals surface area contributed by atoms with Crippen molar-refractivity contribution in [3.8, 4) is 0 Å². The first kappa shape index (κ1) is 13.4. The van der Waals surface area contributed by atoms with Crippen molar-refractivity contribution in [2.45, 2.75) is 25.7 Å². The summed E-state index contributed by atoms with van der Waals surface area (Å²) in [7, 11) is 0. The molecule has 0 amide bonds. The van der Waals surface area contributed by atoms with Crippen LogP contribution in [-0.2, 0) is 4.74 Å². The Labute approximate surface area is 103 Å². The maximum Gasteiger partial charge on any atom is 0.0560 e. The minimum Gasteiger partial charge on any atom is -0.398 e. The van der Waals surface area contributed by atoms with Gasteiger partial charge in [-0.1, -0.05) is 26.0 Å². The van der Waals surface area contributed by atoms with E-state index in [0.29, 0.717) is 5.92 Å². The highest BCUT2D eigenvalue weighted by molar-refractivity contribution is 7.99. The Kier molecular flexibility index (Phi) is 5.71. The van der Waals surface area contributed by atoms with Gasteiger partial charge in [0.1, 0.15) is 0 Å².